The van der Waals surface area contributed by atoms with Crippen LogP contribution in [-0.2, 0) is 22.6 Å². The number of hydrogen-bond donors (Lipinski definition) is 2. The lowest BCUT2D eigenvalue weighted by atomic mass is 9.90. The van der Waals surface area contributed by atoms with Gasteiger partial charge < -0.3 is 10.6 Å². The van der Waals surface area contributed by atoms with Gasteiger partial charge in [0.05, 0.1) is 12.3 Å². The van der Waals surface area contributed by atoms with Gasteiger partial charge in [0.25, 0.3) is 0 Å². The van der Waals surface area contributed by atoms with Crippen LogP contribution in [0.5, 0.6) is 0 Å². The zero-order chi connectivity index (χ0) is 20.0. The van der Waals surface area contributed by atoms with Crippen LogP contribution in [0.3, 0.4) is 0 Å². The number of nitrogens with zero attached hydrogens (tertiary/aromatic N) is 2. The maximum Gasteiger partial charge on any atom is 0.434 e. The van der Waals surface area contributed by atoms with E-state index in [9.17, 15) is 21.6 Å². The minimum absolute atomic E-state index is 0.0276. The van der Waals surface area contributed by atoms with E-state index in [1.54, 1.807) is 0 Å². The molecular weight excluding hydrogens is 389 g/mol. The first-order chi connectivity index (χ1) is 11.8. The highest BCUT2D eigenvalue weighted by molar-refractivity contribution is 7.90. The Balaban J connectivity index is 2.67. The molecule has 150 valence electrons. The van der Waals surface area contributed by atoms with E-state index in [-0.39, 0.29) is 22.7 Å². The van der Waals surface area contributed by atoms with Gasteiger partial charge in [-0.25, -0.2) is 18.4 Å². The second-order valence-corrected chi connectivity index (χ2v) is 9.92. The Labute approximate surface area is 156 Å². The molecule has 0 spiro atoms. The predicted octanol–water partition coefficient (Wildman–Crippen LogP) is 2.68. The summed E-state index contributed by atoms with van der Waals surface area (Å²) in [4.78, 5) is 7.79. The Morgan fingerprint density at radius 3 is 2.46 bits per heavy atom. The fraction of sp³-hybridized carbons (Fsp3) is 0.733. The third kappa shape index (κ3) is 8.84. The van der Waals surface area contributed by atoms with E-state index in [0.29, 0.717) is 25.5 Å². The molecule has 0 atom stereocenters. The lowest BCUT2D eigenvalue weighted by molar-refractivity contribution is -0.140. The van der Waals surface area contributed by atoms with Crippen molar-refractivity contribution in [1.29, 1.82) is 0 Å². The first-order valence-electron chi connectivity index (χ1n) is 8.04. The van der Waals surface area contributed by atoms with Crippen molar-refractivity contribution >= 4 is 27.1 Å². The van der Waals surface area contributed by atoms with Crippen LogP contribution in [0, 0.1) is 5.41 Å². The van der Waals surface area contributed by atoms with Gasteiger partial charge in [0, 0.05) is 24.7 Å². The van der Waals surface area contributed by atoms with E-state index >= 15 is 0 Å². The minimum Gasteiger partial charge on any atom is -0.357 e. The third-order valence-corrected chi connectivity index (χ3v) is 5.22. The zero-order valence-corrected chi connectivity index (χ0v) is 16.9. The van der Waals surface area contributed by atoms with Crippen molar-refractivity contribution in [2.24, 2.45) is 10.4 Å². The number of thiazole rings is 1. The molecule has 0 unspecified atom stereocenters. The molecule has 11 heteroatoms. The molecular formula is C15H25F3N4O2S2. The molecule has 1 aromatic heterocycles. The number of hydrogen-bond acceptors (Lipinski definition) is 5. The molecule has 0 aromatic carbocycles. The molecule has 0 aliphatic rings. The lowest BCUT2D eigenvalue weighted by Crippen LogP contribution is -2.42. The van der Waals surface area contributed by atoms with Crippen LogP contribution in [0.4, 0.5) is 13.2 Å². The summed E-state index contributed by atoms with van der Waals surface area (Å²) in [5.41, 5.74) is -1.20. The summed E-state index contributed by atoms with van der Waals surface area (Å²) in [6, 6.07) is 0. The number of halogens is 3. The number of guanidine groups is 1. The molecule has 26 heavy (non-hydrogen) atoms. The van der Waals surface area contributed by atoms with Gasteiger partial charge in [-0.05, 0) is 18.8 Å². The number of rotatable bonds is 8. The summed E-state index contributed by atoms with van der Waals surface area (Å²) in [5, 5.41) is 7.35. The van der Waals surface area contributed by atoms with Gasteiger partial charge in [-0.2, -0.15) is 13.2 Å². The monoisotopic (exact) mass is 414 g/mol. The van der Waals surface area contributed by atoms with Crippen molar-refractivity contribution in [2.75, 3.05) is 25.1 Å². The normalized spacial score (nSPS) is 13.7. The summed E-state index contributed by atoms with van der Waals surface area (Å²) < 4.78 is 60.3. The fourth-order valence-corrected chi connectivity index (χ4v) is 3.52. The summed E-state index contributed by atoms with van der Waals surface area (Å²) in [6.07, 6.45) is -2.77. The first kappa shape index (κ1) is 22.7. The Kier molecular flexibility index (Phi) is 7.87. The molecule has 0 saturated carbocycles. The van der Waals surface area contributed by atoms with E-state index in [4.69, 9.17) is 0 Å². The molecule has 0 aliphatic carbocycles. The van der Waals surface area contributed by atoms with Crippen LogP contribution in [-0.4, -0.2) is 44.5 Å². The van der Waals surface area contributed by atoms with E-state index < -0.39 is 21.7 Å². The van der Waals surface area contributed by atoms with Gasteiger partial charge in [-0.15, -0.1) is 11.3 Å². The number of nitrogens with one attached hydrogen (secondary N) is 2. The Morgan fingerprint density at radius 1 is 1.31 bits per heavy atom. The molecule has 2 N–H and O–H groups in total. The lowest BCUT2D eigenvalue weighted by Gasteiger charge is -2.25. The average molecular weight is 415 g/mol. The number of aromatic nitrogens is 1. The van der Waals surface area contributed by atoms with Gasteiger partial charge in [-0.3, -0.25) is 0 Å². The van der Waals surface area contributed by atoms with Crippen LogP contribution in [0.25, 0.3) is 0 Å². The predicted molar refractivity (Wildman–Crippen MR) is 98.0 cm³/mol. The number of aliphatic imine (C=N–C) groups is 1. The van der Waals surface area contributed by atoms with E-state index in [2.05, 4.69) is 20.6 Å². The maximum absolute atomic E-state index is 12.6. The van der Waals surface area contributed by atoms with Crippen LogP contribution in [0.1, 0.15) is 37.9 Å². The molecule has 6 nitrogen and oxygen atoms in total. The van der Waals surface area contributed by atoms with Crippen molar-refractivity contribution in [3.05, 3.63) is 16.1 Å². The Bertz CT molecular complexity index is 713. The molecule has 1 heterocycles. The Hall–Kier alpha value is -1.36. The highest BCUT2D eigenvalue weighted by atomic mass is 32.2. The SMILES string of the molecule is CCNC(=NCc1nc(C(F)(F)F)cs1)NCC(C)(C)CCS(C)(=O)=O. The Morgan fingerprint density at radius 2 is 1.96 bits per heavy atom. The summed E-state index contributed by atoms with van der Waals surface area (Å²) in [6.45, 7) is 6.83. The summed E-state index contributed by atoms with van der Waals surface area (Å²) >= 11 is 0.911. The standard InChI is InChI=1S/C15H25F3N4O2S2/c1-5-19-13(21-10-14(2,3)6-7-26(4,23)24)20-8-12-22-11(9-25-12)15(16,17)18/h9H,5-8,10H2,1-4H3,(H2,19,20,21). The minimum atomic E-state index is -4.45. The molecule has 1 aromatic rings. The number of sulfone groups is 1. The van der Waals surface area contributed by atoms with Gasteiger partial charge in [0.1, 0.15) is 14.8 Å². The highest BCUT2D eigenvalue weighted by Crippen LogP contribution is 2.30. The van der Waals surface area contributed by atoms with Crippen molar-refractivity contribution < 1.29 is 21.6 Å². The molecule has 0 bridgehead atoms. The maximum atomic E-state index is 12.6. The van der Waals surface area contributed by atoms with Crippen LogP contribution in [0.15, 0.2) is 10.4 Å². The number of alkyl halides is 3. The molecule has 0 amide bonds. The molecule has 0 fully saturated rings. The van der Waals surface area contributed by atoms with Crippen LogP contribution < -0.4 is 10.6 Å². The van der Waals surface area contributed by atoms with Gasteiger partial charge >= 0.3 is 6.18 Å². The quantitative estimate of drug-likeness (QED) is 0.505. The third-order valence-electron chi connectivity index (χ3n) is 3.44. The van der Waals surface area contributed by atoms with Gasteiger partial charge in [0.2, 0.25) is 0 Å². The second-order valence-electron chi connectivity index (χ2n) is 6.72. The highest BCUT2D eigenvalue weighted by Gasteiger charge is 2.33. The first-order valence-corrected chi connectivity index (χ1v) is 11.0. The van der Waals surface area contributed by atoms with Crippen LogP contribution >= 0.6 is 11.3 Å². The van der Waals surface area contributed by atoms with Crippen molar-refractivity contribution in [3.63, 3.8) is 0 Å². The molecule has 0 radical (unpaired) electrons. The van der Waals surface area contributed by atoms with Crippen molar-refractivity contribution in [3.8, 4) is 0 Å². The molecule has 0 saturated heterocycles. The fourth-order valence-electron chi connectivity index (χ4n) is 1.88. The second kappa shape index (κ2) is 9.03. The van der Waals surface area contributed by atoms with Crippen molar-refractivity contribution in [1.82, 2.24) is 15.6 Å². The average Bonchev–Trinajstić information content (AvgIpc) is 2.97. The zero-order valence-electron chi connectivity index (χ0n) is 15.3. The van der Waals surface area contributed by atoms with E-state index in [1.165, 1.54) is 6.26 Å². The smallest absolute Gasteiger partial charge is 0.357 e. The molecule has 0 aliphatic heterocycles. The van der Waals surface area contributed by atoms with Crippen molar-refractivity contribution in [2.45, 2.75) is 39.9 Å². The summed E-state index contributed by atoms with van der Waals surface area (Å²) in [7, 11) is -3.03. The van der Waals surface area contributed by atoms with E-state index in [0.717, 1.165) is 16.7 Å². The van der Waals surface area contributed by atoms with Gasteiger partial charge in [-0.1, -0.05) is 13.8 Å². The topological polar surface area (TPSA) is 83.4 Å². The van der Waals surface area contributed by atoms with E-state index in [1.807, 2.05) is 20.8 Å². The summed E-state index contributed by atoms with van der Waals surface area (Å²) in [5.74, 6) is 0.540. The largest absolute Gasteiger partial charge is 0.434 e. The van der Waals surface area contributed by atoms with Gasteiger partial charge in [0.15, 0.2) is 11.7 Å². The van der Waals surface area contributed by atoms with Crippen LogP contribution in [0.2, 0.25) is 0 Å². The molecule has 1 rings (SSSR count).